The molecule has 0 heterocycles. The molecule has 0 radical (unpaired) electrons. The summed E-state index contributed by atoms with van der Waals surface area (Å²) < 4.78 is 4.81. The molecule has 0 spiro atoms. The number of anilines is 1. The van der Waals surface area contributed by atoms with Crippen molar-refractivity contribution in [2.24, 2.45) is 33.7 Å². The highest BCUT2D eigenvalue weighted by Gasteiger charge is 2.65. The number of hydrogen-bond donors (Lipinski definition) is 4. The molecule has 0 aliphatic heterocycles. The predicted octanol–water partition coefficient (Wildman–Crippen LogP) is 3.20. The molecule has 246 valence electrons. The molecule has 4 aliphatic rings. The number of ketones is 1. The van der Waals surface area contributed by atoms with Crippen molar-refractivity contribution in [1.29, 1.82) is 0 Å². The number of nitrogens with one attached hydrogen (secondary N) is 1. The third-order valence-electron chi connectivity index (χ3n) is 11.6. The molecule has 45 heavy (non-hydrogen) atoms. The van der Waals surface area contributed by atoms with Gasteiger partial charge in [-0.15, -0.1) is 5.23 Å². The minimum atomic E-state index is -1.22. The lowest BCUT2D eigenvalue weighted by molar-refractivity contribution is -0.268. The van der Waals surface area contributed by atoms with Gasteiger partial charge in [-0.25, -0.2) is 4.79 Å². The summed E-state index contributed by atoms with van der Waals surface area (Å²) in [6.07, 6.45) is 8.84. The molecule has 0 saturated heterocycles. The highest BCUT2D eigenvalue weighted by atomic mass is 16.8. The lowest BCUT2D eigenvalue weighted by atomic mass is 9.46. The van der Waals surface area contributed by atoms with E-state index in [-0.39, 0.29) is 28.3 Å². The zero-order chi connectivity index (χ0) is 32.7. The average molecular weight is 627 g/mol. The Bertz CT molecular complexity index is 1410. The van der Waals surface area contributed by atoms with E-state index in [4.69, 9.17) is 9.57 Å². The van der Waals surface area contributed by atoms with Crippen LogP contribution in [-0.4, -0.2) is 64.3 Å². The molecule has 3 fully saturated rings. The van der Waals surface area contributed by atoms with Gasteiger partial charge >= 0.3 is 5.97 Å². The molecule has 7 atom stereocenters. The Morgan fingerprint density at radius 1 is 1.11 bits per heavy atom. The zero-order valence-corrected chi connectivity index (χ0v) is 26.4. The van der Waals surface area contributed by atoms with Crippen molar-refractivity contribution in [3.63, 3.8) is 0 Å². The molecule has 12 heteroatoms. The fourth-order valence-electron chi connectivity index (χ4n) is 9.06. The lowest BCUT2D eigenvalue weighted by Crippen LogP contribution is -2.57. The second-order valence-electron chi connectivity index (χ2n) is 13.7. The number of benzene rings is 1. The molecule has 1 aromatic rings. The highest BCUT2D eigenvalue weighted by Crippen LogP contribution is 2.67. The summed E-state index contributed by atoms with van der Waals surface area (Å²) in [4.78, 5) is 42.9. The van der Waals surface area contributed by atoms with Gasteiger partial charge in [0.2, 0.25) is 0 Å². The molecular weight excluding hydrogens is 582 g/mol. The highest BCUT2D eigenvalue weighted by molar-refractivity contribution is 5.96. The summed E-state index contributed by atoms with van der Waals surface area (Å²) in [5.41, 5.74) is 0.515. The molecule has 3 saturated carbocycles. The number of carbonyl (C=O) groups is 3. The van der Waals surface area contributed by atoms with E-state index in [0.717, 1.165) is 50.3 Å². The van der Waals surface area contributed by atoms with E-state index in [0.29, 0.717) is 36.2 Å². The molecular formula is C33H44N3O9-. The molecule has 1 aromatic carbocycles. The fourth-order valence-corrected chi connectivity index (χ4v) is 9.06. The smallest absolute Gasteiger partial charge is 0.328 e. The number of esters is 1. The number of fused-ring (bicyclic) bond motifs is 5. The van der Waals surface area contributed by atoms with Gasteiger partial charge in [0.05, 0.1) is 18.5 Å². The van der Waals surface area contributed by atoms with E-state index in [1.807, 2.05) is 0 Å². The van der Waals surface area contributed by atoms with Gasteiger partial charge < -0.3 is 25.1 Å². The molecule has 12 nitrogen and oxygen atoms in total. The van der Waals surface area contributed by atoms with Crippen molar-refractivity contribution >= 4 is 29.1 Å². The molecule has 1 amide bonds. The second-order valence-corrected chi connectivity index (χ2v) is 13.7. The van der Waals surface area contributed by atoms with E-state index in [2.05, 4.69) is 30.4 Å². The minimum absolute atomic E-state index is 0.0124. The minimum Gasteiger partial charge on any atom is -0.871 e. The Morgan fingerprint density at radius 2 is 1.84 bits per heavy atom. The van der Waals surface area contributed by atoms with Crippen LogP contribution in [0.1, 0.15) is 77.7 Å². The number of methoxy groups -OCH3 is 1. The summed E-state index contributed by atoms with van der Waals surface area (Å²) in [6, 6.07) is 2.65. The molecule has 4 aliphatic carbocycles. The Morgan fingerprint density at radius 3 is 2.53 bits per heavy atom. The van der Waals surface area contributed by atoms with Crippen LogP contribution in [0.5, 0.6) is 5.75 Å². The largest absolute Gasteiger partial charge is 0.871 e. The van der Waals surface area contributed by atoms with E-state index < -0.39 is 41.6 Å². The van der Waals surface area contributed by atoms with Crippen LogP contribution in [0, 0.1) is 28.6 Å². The normalized spacial score (nSPS) is 33.6. The van der Waals surface area contributed by atoms with Crippen molar-refractivity contribution in [2.45, 2.75) is 90.2 Å². The first-order chi connectivity index (χ1) is 21.2. The van der Waals surface area contributed by atoms with Crippen LogP contribution in [0.2, 0.25) is 0 Å². The number of allylic oxidation sites excluding steroid dienone is 2. The summed E-state index contributed by atoms with van der Waals surface area (Å²) in [5.74, 6) is -0.760. The lowest BCUT2D eigenvalue weighted by Gasteiger charge is -2.59. The van der Waals surface area contributed by atoms with Gasteiger partial charge in [0, 0.05) is 11.8 Å². The van der Waals surface area contributed by atoms with Gasteiger partial charge in [0.15, 0.2) is 12.4 Å². The van der Waals surface area contributed by atoms with Gasteiger partial charge in [-0.3, -0.25) is 20.0 Å². The molecule has 0 aromatic heterocycles. The SMILES string of the molecule is COC(=O)[C@H](Cc1ccc([O-])c(N(O)O)c1)NC(=O)CON=C1C=C2CC[C@H]3[C@@H](CC[C@@]4(C)[C@@H]3CC[C@@]4(O)C(C)=O)[C@@]2(C)CC1. The molecule has 0 bridgehead atoms. The Labute approximate surface area is 263 Å². The molecule has 4 N–H and O–H groups in total. The van der Waals surface area contributed by atoms with Gasteiger partial charge in [-0.05, 0) is 99.2 Å². The quantitative estimate of drug-likeness (QED) is 0.235. The van der Waals surface area contributed by atoms with Crippen molar-refractivity contribution in [1.82, 2.24) is 5.32 Å². The first kappa shape index (κ1) is 32.9. The van der Waals surface area contributed by atoms with Crippen LogP contribution in [0.15, 0.2) is 35.0 Å². The first-order valence-corrected chi connectivity index (χ1v) is 15.7. The van der Waals surface area contributed by atoms with E-state index in [1.54, 1.807) is 0 Å². The van der Waals surface area contributed by atoms with Crippen LogP contribution in [0.25, 0.3) is 0 Å². The average Bonchev–Trinajstić information content (AvgIpc) is 3.28. The van der Waals surface area contributed by atoms with Gasteiger partial charge in [-0.1, -0.05) is 42.5 Å². The van der Waals surface area contributed by atoms with Crippen LogP contribution in [0.3, 0.4) is 0 Å². The molecule has 5 rings (SSSR count). The maximum Gasteiger partial charge on any atom is 0.328 e. The summed E-state index contributed by atoms with van der Waals surface area (Å²) >= 11 is 0. The Balaban J connectivity index is 1.20. The number of Topliss-reactive ketones (excluding diaryl/α,β-unsaturated/α-hetero) is 1. The van der Waals surface area contributed by atoms with Gasteiger partial charge in [-0.2, -0.15) is 0 Å². The van der Waals surface area contributed by atoms with Crippen LogP contribution < -0.4 is 15.6 Å². The fraction of sp³-hybridized carbons (Fsp3) is 0.636. The van der Waals surface area contributed by atoms with Crippen LogP contribution in [0.4, 0.5) is 5.69 Å². The zero-order valence-electron chi connectivity index (χ0n) is 26.4. The third kappa shape index (κ3) is 5.83. The maximum atomic E-state index is 12.7. The molecule has 0 unspecified atom stereocenters. The number of hydrogen-bond acceptors (Lipinski definition) is 11. The summed E-state index contributed by atoms with van der Waals surface area (Å²) in [5, 5.41) is 48.2. The van der Waals surface area contributed by atoms with Gasteiger partial charge in [0.25, 0.3) is 5.91 Å². The van der Waals surface area contributed by atoms with E-state index in [9.17, 15) is 35.0 Å². The Hall–Kier alpha value is -3.48. The number of rotatable bonds is 9. The number of aliphatic hydroxyl groups is 1. The van der Waals surface area contributed by atoms with Crippen molar-refractivity contribution in [3.8, 4) is 5.75 Å². The first-order valence-electron chi connectivity index (χ1n) is 15.7. The maximum absolute atomic E-state index is 12.7. The number of carbonyl (C=O) groups excluding carboxylic acids is 3. The third-order valence-corrected chi connectivity index (χ3v) is 11.6. The standard InChI is InChI=1S/C33H45N3O9/c1-19(37)33(41)14-11-25-23-7-6-21-17-22(9-12-31(21,2)24(23)10-13-32(25,33)3)35-45-18-29(39)34-26(30(40)44-4)15-20-5-8-28(38)27(16-20)36(42)43/h5,8,16-17,23-26,38,41-43H,6-7,9-15,18H2,1-4H3,(H,34,39)/p-1/t23-,24+,25+,26-,31-,32-,33+/m0/s1. The number of oxime groups is 1. The summed E-state index contributed by atoms with van der Waals surface area (Å²) in [7, 11) is 1.18. The van der Waals surface area contributed by atoms with E-state index >= 15 is 0 Å². The van der Waals surface area contributed by atoms with Crippen molar-refractivity contribution in [2.75, 3.05) is 18.9 Å². The van der Waals surface area contributed by atoms with Gasteiger partial charge in [0.1, 0.15) is 11.6 Å². The Kier molecular flexibility index (Phi) is 9.05. The van der Waals surface area contributed by atoms with Crippen molar-refractivity contribution in [3.05, 3.63) is 35.4 Å². The number of ether oxygens (including phenoxy) is 1. The van der Waals surface area contributed by atoms with Crippen molar-refractivity contribution < 1.29 is 44.6 Å². The predicted molar refractivity (Wildman–Crippen MR) is 160 cm³/mol. The number of amides is 1. The summed E-state index contributed by atoms with van der Waals surface area (Å²) in [6.45, 7) is 5.58. The second kappa shape index (κ2) is 12.4. The number of nitrogens with zero attached hydrogens (tertiary/aromatic N) is 2. The topological polar surface area (TPSA) is 181 Å². The van der Waals surface area contributed by atoms with Crippen LogP contribution in [-0.2, 0) is 30.4 Å². The van der Waals surface area contributed by atoms with E-state index in [1.165, 1.54) is 31.7 Å². The monoisotopic (exact) mass is 626 g/mol. The van der Waals surface area contributed by atoms with Crippen LogP contribution >= 0.6 is 0 Å².